The van der Waals surface area contributed by atoms with Gasteiger partial charge in [-0.25, -0.2) is 0 Å². The zero-order valence-corrected chi connectivity index (χ0v) is 8.46. The molecular weight excluding hydrogens is 206 g/mol. The minimum atomic E-state index is 0.219. The van der Waals surface area contributed by atoms with Crippen molar-refractivity contribution in [3.05, 3.63) is 30.1 Å². The molecule has 82 valence electrons. The van der Waals surface area contributed by atoms with Crippen LogP contribution in [-0.4, -0.2) is 22.4 Å². The van der Waals surface area contributed by atoms with E-state index in [1.165, 1.54) is 0 Å². The first-order chi connectivity index (χ1) is 7.77. The van der Waals surface area contributed by atoms with Gasteiger partial charge < -0.3 is 16.9 Å². The van der Waals surface area contributed by atoms with Gasteiger partial charge in [0.2, 0.25) is 0 Å². The van der Waals surface area contributed by atoms with Crippen LogP contribution in [0.4, 0.5) is 0 Å². The first kappa shape index (κ1) is 10.1. The molecule has 16 heavy (non-hydrogen) atoms. The number of nitrogens with zero attached hydrogens (tertiary/aromatic N) is 4. The quantitative estimate of drug-likeness (QED) is 0.573. The topological polar surface area (TPSA) is 114 Å². The minimum Gasteiger partial charge on any atom is -0.380 e. The van der Waals surface area contributed by atoms with E-state index in [0.717, 1.165) is 5.56 Å². The first-order valence-corrected chi connectivity index (χ1v) is 4.64. The highest BCUT2D eigenvalue weighted by atomic mass is 15.3. The number of pyridine rings is 1. The summed E-state index contributed by atoms with van der Waals surface area (Å²) in [4.78, 5) is 3.98. The maximum atomic E-state index is 5.52. The molecule has 1 aromatic rings. The summed E-state index contributed by atoms with van der Waals surface area (Å²) < 4.78 is 0. The molecule has 0 saturated carbocycles. The lowest BCUT2D eigenvalue weighted by molar-refractivity contribution is 0.744. The van der Waals surface area contributed by atoms with Gasteiger partial charge in [0, 0.05) is 12.4 Å². The van der Waals surface area contributed by atoms with Crippen LogP contribution >= 0.6 is 0 Å². The van der Waals surface area contributed by atoms with E-state index in [1.54, 1.807) is 12.4 Å². The Morgan fingerprint density at radius 1 is 1.25 bits per heavy atom. The number of amidine groups is 2. The van der Waals surface area contributed by atoms with E-state index in [2.05, 4.69) is 25.7 Å². The highest BCUT2D eigenvalue weighted by Crippen LogP contribution is 1.95. The van der Waals surface area contributed by atoms with Crippen molar-refractivity contribution in [2.75, 3.05) is 0 Å². The third-order valence-electron chi connectivity index (χ3n) is 1.95. The van der Waals surface area contributed by atoms with E-state index < -0.39 is 0 Å². The molecule has 0 bridgehead atoms. The number of hydrogen-bond donors (Lipinski definition) is 3. The normalized spacial score (nSPS) is 14.4. The highest BCUT2D eigenvalue weighted by Gasteiger charge is 2.15. The summed E-state index contributed by atoms with van der Waals surface area (Å²) >= 11 is 0. The van der Waals surface area contributed by atoms with Crippen molar-refractivity contribution in [1.82, 2.24) is 10.4 Å². The van der Waals surface area contributed by atoms with Crippen molar-refractivity contribution in [1.29, 1.82) is 0 Å². The fourth-order valence-corrected chi connectivity index (χ4v) is 1.16. The Balaban J connectivity index is 1.96. The molecule has 0 atom stereocenters. The molecular formula is C9H11N7. The van der Waals surface area contributed by atoms with Crippen LogP contribution in [0.5, 0.6) is 0 Å². The fourth-order valence-electron chi connectivity index (χ4n) is 1.16. The Bertz CT molecular complexity index is 440. The van der Waals surface area contributed by atoms with E-state index in [0.29, 0.717) is 12.3 Å². The van der Waals surface area contributed by atoms with Crippen LogP contribution in [0, 0.1) is 0 Å². The maximum Gasteiger partial charge on any atom is 0.177 e. The molecule has 7 heteroatoms. The zero-order chi connectivity index (χ0) is 11.4. The molecule has 0 spiro atoms. The van der Waals surface area contributed by atoms with Gasteiger partial charge in [-0.2, -0.15) is 5.10 Å². The standard InChI is InChI=1S/C9H11N7/c10-8-7(9(11)16-15-8)14-13-5-6-2-1-3-12-4-6/h1-4,13H,5H2,(H4,10,11,14,15,16). The summed E-state index contributed by atoms with van der Waals surface area (Å²) in [6.45, 7) is 0.540. The van der Waals surface area contributed by atoms with E-state index in [4.69, 9.17) is 11.5 Å². The van der Waals surface area contributed by atoms with Crippen molar-refractivity contribution in [2.45, 2.75) is 6.54 Å². The molecule has 0 aliphatic carbocycles. The Kier molecular flexibility index (Phi) is 2.77. The molecule has 2 rings (SSSR count). The summed E-state index contributed by atoms with van der Waals surface area (Å²) in [6.07, 6.45) is 3.46. The van der Waals surface area contributed by atoms with Crippen LogP contribution in [0.15, 0.2) is 39.8 Å². The van der Waals surface area contributed by atoms with Gasteiger partial charge in [0.25, 0.3) is 0 Å². The van der Waals surface area contributed by atoms with Gasteiger partial charge in [0.05, 0.1) is 6.54 Å². The Morgan fingerprint density at radius 3 is 2.62 bits per heavy atom. The molecule has 0 radical (unpaired) electrons. The molecule has 0 unspecified atom stereocenters. The van der Waals surface area contributed by atoms with E-state index in [1.807, 2.05) is 12.1 Å². The third kappa shape index (κ3) is 2.14. The van der Waals surface area contributed by atoms with Crippen molar-refractivity contribution < 1.29 is 0 Å². The highest BCUT2D eigenvalue weighted by molar-refractivity contribution is 6.68. The second kappa shape index (κ2) is 4.39. The van der Waals surface area contributed by atoms with Crippen molar-refractivity contribution in [3.8, 4) is 0 Å². The number of hydrazone groups is 1. The van der Waals surface area contributed by atoms with Crippen LogP contribution in [-0.2, 0) is 6.54 Å². The number of nitrogens with one attached hydrogen (secondary N) is 1. The molecule has 0 amide bonds. The second-order valence-corrected chi connectivity index (χ2v) is 3.13. The molecule has 1 aliphatic heterocycles. The molecule has 1 aliphatic rings. The van der Waals surface area contributed by atoms with Crippen LogP contribution in [0.1, 0.15) is 5.56 Å². The number of hydrogen-bond acceptors (Lipinski definition) is 7. The van der Waals surface area contributed by atoms with Gasteiger partial charge in [0.15, 0.2) is 17.4 Å². The second-order valence-electron chi connectivity index (χ2n) is 3.13. The zero-order valence-electron chi connectivity index (χ0n) is 8.46. The van der Waals surface area contributed by atoms with Gasteiger partial charge in [-0.1, -0.05) is 6.07 Å². The number of nitrogens with two attached hydrogens (primary N) is 2. The predicted molar refractivity (Wildman–Crippen MR) is 61.8 cm³/mol. The van der Waals surface area contributed by atoms with E-state index >= 15 is 0 Å². The fraction of sp³-hybridized carbons (Fsp3) is 0.111. The monoisotopic (exact) mass is 217 g/mol. The Hall–Kier alpha value is -2.44. The minimum absolute atomic E-state index is 0.219. The number of aromatic nitrogens is 1. The molecule has 2 heterocycles. The van der Waals surface area contributed by atoms with Gasteiger partial charge in [-0.15, -0.1) is 10.2 Å². The molecule has 7 nitrogen and oxygen atoms in total. The summed E-state index contributed by atoms with van der Waals surface area (Å²) in [5.41, 5.74) is 15.3. The first-order valence-electron chi connectivity index (χ1n) is 4.64. The molecule has 5 N–H and O–H groups in total. The third-order valence-corrected chi connectivity index (χ3v) is 1.95. The Labute approximate surface area is 92.0 Å². The van der Waals surface area contributed by atoms with Crippen molar-refractivity contribution in [2.24, 2.45) is 26.8 Å². The van der Waals surface area contributed by atoms with E-state index in [9.17, 15) is 0 Å². The van der Waals surface area contributed by atoms with E-state index in [-0.39, 0.29) is 11.7 Å². The van der Waals surface area contributed by atoms with Crippen LogP contribution in [0.25, 0.3) is 0 Å². The van der Waals surface area contributed by atoms with Gasteiger partial charge in [0.1, 0.15) is 0 Å². The lowest BCUT2D eigenvalue weighted by Crippen LogP contribution is -2.33. The SMILES string of the molecule is NC1=NN=C(N)C1=NNCc1cccnc1. The van der Waals surface area contributed by atoms with Crippen LogP contribution < -0.4 is 16.9 Å². The average Bonchev–Trinajstić information content (AvgIpc) is 2.62. The van der Waals surface area contributed by atoms with Crippen LogP contribution in [0.2, 0.25) is 0 Å². The lowest BCUT2D eigenvalue weighted by Gasteiger charge is -2.01. The largest absolute Gasteiger partial charge is 0.380 e. The lowest BCUT2D eigenvalue weighted by atomic mass is 10.3. The summed E-state index contributed by atoms with van der Waals surface area (Å²) in [5.74, 6) is 0.437. The predicted octanol–water partition coefficient (Wildman–Crippen LogP) is -0.830. The van der Waals surface area contributed by atoms with Gasteiger partial charge in [-0.3, -0.25) is 4.98 Å². The van der Waals surface area contributed by atoms with Gasteiger partial charge >= 0.3 is 0 Å². The smallest absolute Gasteiger partial charge is 0.177 e. The summed E-state index contributed by atoms with van der Waals surface area (Å²) in [5, 5.41) is 11.2. The Morgan fingerprint density at radius 2 is 2.00 bits per heavy atom. The van der Waals surface area contributed by atoms with Crippen molar-refractivity contribution >= 4 is 17.4 Å². The molecule has 1 aromatic heterocycles. The summed E-state index contributed by atoms with van der Waals surface area (Å²) in [7, 11) is 0. The van der Waals surface area contributed by atoms with Crippen LogP contribution in [0.3, 0.4) is 0 Å². The molecule has 0 aromatic carbocycles. The molecule has 0 fully saturated rings. The maximum absolute atomic E-state index is 5.52. The van der Waals surface area contributed by atoms with Crippen molar-refractivity contribution in [3.63, 3.8) is 0 Å². The van der Waals surface area contributed by atoms with Gasteiger partial charge in [-0.05, 0) is 11.6 Å². The number of rotatable bonds is 3. The summed E-state index contributed by atoms with van der Waals surface area (Å²) in [6, 6.07) is 3.79. The average molecular weight is 217 g/mol. The molecule has 0 saturated heterocycles.